The van der Waals surface area contributed by atoms with E-state index in [0.29, 0.717) is 11.1 Å². The Balaban J connectivity index is 1.99. The van der Waals surface area contributed by atoms with Gasteiger partial charge < -0.3 is 15.3 Å². The lowest BCUT2D eigenvalue weighted by molar-refractivity contribution is 0.0973. The van der Waals surface area contributed by atoms with Gasteiger partial charge in [0.15, 0.2) is 5.78 Å². The molecule has 0 saturated heterocycles. The van der Waals surface area contributed by atoms with Crippen LogP contribution in [0.1, 0.15) is 54.6 Å². The lowest BCUT2D eigenvalue weighted by Crippen LogP contribution is -2.25. The molecule has 3 N–H and O–H groups in total. The van der Waals surface area contributed by atoms with Crippen LogP contribution in [0.3, 0.4) is 0 Å². The number of fused-ring (bicyclic) bond motifs is 2. The minimum Gasteiger partial charge on any atom is -0.507 e. The quantitative estimate of drug-likeness (QED) is 0.481. The first-order chi connectivity index (χ1) is 14.2. The summed E-state index contributed by atoms with van der Waals surface area (Å²) in [6.45, 7) is 1.70. The Morgan fingerprint density at radius 1 is 0.933 bits per heavy atom. The van der Waals surface area contributed by atoms with Crippen molar-refractivity contribution in [2.45, 2.75) is 13.0 Å². The Morgan fingerprint density at radius 3 is 2.27 bits per heavy atom. The minimum atomic E-state index is -0.667. The summed E-state index contributed by atoms with van der Waals surface area (Å²) in [7, 11) is 3.51. The average molecular weight is 404 g/mol. The number of ketones is 2. The number of carbonyl (C=O) groups is 2. The number of phenolic OH excluding ortho intramolecular Hbond substituents is 3. The van der Waals surface area contributed by atoms with Crippen LogP contribution in [0.4, 0.5) is 0 Å². The smallest absolute Gasteiger partial charge is 0.201 e. The largest absolute Gasteiger partial charge is 0.507 e. The van der Waals surface area contributed by atoms with E-state index in [1.807, 2.05) is 0 Å². The highest BCUT2D eigenvalue weighted by molar-refractivity contribution is 6.30. The molecule has 30 heavy (non-hydrogen) atoms. The molecule has 7 heteroatoms. The number of rotatable bonds is 3. The lowest BCUT2D eigenvalue weighted by Gasteiger charge is -2.29. The number of carbonyl (C=O) groups excluding carboxylic acids is 2. The van der Waals surface area contributed by atoms with E-state index in [2.05, 4.69) is 4.98 Å². The molecule has 7 nitrogen and oxygen atoms in total. The third kappa shape index (κ3) is 2.83. The van der Waals surface area contributed by atoms with Crippen molar-refractivity contribution in [3.63, 3.8) is 0 Å². The van der Waals surface area contributed by atoms with Crippen LogP contribution < -0.4 is 0 Å². The van der Waals surface area contributed by atoms with Gasteiger partial charge in [0.05, 0.1) is 22.7 Å². The highest BCUT2D eigenvalue weighted by atomic mass is 16.3. The number of benzene rings is 2. The zero-order valence-electron chi connectivity index (χ0n) is 16.7. The average Bonchev–Trinajstić information content (AvgIpc) is 2.68. The van der Waals surface area contributed by atoms with Crippen LogP contribution in [0.25, 0.3) is 0 Å². The molecule has 0 radical (unpaired) electrons. The van der Waals surface area contributed by atoms with E-state index < -0.39 is 23.4 Å². The summed E-state index contributed by atoms with van der Waals surface area (Å²) >= 11 is 0. The number of nitrogens with zero attached hydrogens (tertiary/aromatic N) is 2. The number of pyridine rings is 1. The zero-order valence-corrected chi connectivity index (χ0v) is 16.7. The molecule has 0 bridgehead atoms. The molecule has 1 unspecified atom stereocenters. The Bertz CT molecular complexity index is 1200. The standard InChI is InChI=1S/C23H20N2O5/c1-11-7-13-17(15(26)8-11)22(29)18-14(21(13)28)9-16(27)19(23(18)30)20(25(2)3)12-5-4-6-24-10-12/h4-10,20,26-27,30H,1-3H3. The molecule has 1 aliphatic carbocycles. The molecule has 0 amide bonds. The van der Waals surface area contributed by atoms with Gasteiger partial charge in [0, 0.05) is 23.5 Å². The lowest BCUT2D eigenvalue weighted by atomic mass is 9.80. The van der Waals surface area contributed by atoms with Crippen LogP contribution in [0.2, 0.25) is 0 Å². The first-order valence-electron chi connectivity index (χ1n) is 9.30. The van der Waals surface area contributed by atoms with Gasteiger partial charge in [-0.15, -0.1) is 0 Å². The summed E-state index contributed by atoms with van der Waals surface area (Å²) < 4.78 is 0. The molecule has 2 aromatic carbocycles. The molecule has 152 valence electrons. The maximum absolute atomic E-state index is 13.2. The van der Waals surface area contributed by atoms with Crippen molar-refractivity contribution >= 4 is 11.6 Å². The van der Waals surface area contributed by atoms with Crippen LogP contribution >= 0.6 is 0 Å². The fraction of sp³-hybridized carbons (Fsp3) is 0.174. The van der Waals surface area contributed by atoms with E-state index >= 15 is 0 Å². The number of hydrogen-bond acceptors (Lipinski definition) is 7. The van der Waals surface area contributed by atoms with Crippen molar-refractivity contribution in [1.29, 1.82) is 0 Å². The van der Waals surface area contributed by atoms with Gasteiger partial charge in [-0.1, -0.05) is 6.07 Å². The summed E-state index contributed by atoms with van der Waals surface area (Å²) in [6, 6.07) is 7.00. The first kappa shape index (κ1) is 19.6. The van der Waals surface area contributed by atoms with E-state index in [-0.39, 0.29) is 39.3 Å². The third-order valence-electron chi connectivity index (χ3n) is 5.31. The van der Waals surface area contributed by atoms with Gasteiger partial charge in [0.1, 0.15) is 17.2 Å². The van der Waals surface area contributed by atoms with Crippen molar-refractivity contribution in [2.75, 3.05) is 14.1 Å². The molecule has 1 heterocycles. The summed E-state index contributed by atoms with van der Waals surface area (Å²) in [4.78, 5) is 32.1. The molecule has 0 spiro atoms. The zero-order chi connectivity index (χ0) is 21.7. The molecule has 1 atom stereocenters. The molecular weight excluding hydrogens is 384 g/mol. The Hall–Kier alpha value is -3.71. The Kier molecular flexibility index (Phi) is 4.55. The van der Waals surface area contributed by atoms with Gasteiger partial charge in [-0.2, -0.15) is 0 Å². The van der Waals surface area contributed by atoms with Gasteiger partial charge >= 0.3 is 0 Å². The van der Waals surface area contributed by atoms with E-state index in [1.54, 1.807) is 50.4 Å². The number of hydrogen-bond donors (Lipinski definition) is 3. The number of aromatic hydroxyl groups is 3. The van der Waals surface area contributed by atoms with Crippen molar-refractivity contribution in [3.05, 3.63) is 81.7 Å². The number of phenols is 3. The summed E-state index contributed by atoms with van der Waals surface area (Å²) in [5.74, 6) is -2.33. The molecular formula is C23H20N2O5. The van der Waals surface area contributed by atoms with Crippen LogP contribution in [0.5, 0.6) is 17.2 Å². The second-order valence-electron chi connectivity index (χ2n) is 7.60. The molecule has 1 aliphatic rings. The summed E-state index contributed by atoms with van der Waals surface area (Å²) in [5.41, 5.74) is 0.963. The monoisotopic (exact) mass is 404 g/mol. The Morgan fingerprint density at radius 2 is 1.63 bits per heavy atom. The molecule has 1 aromatic heterocycles. The molecule has 0 aliphatic heterocycles. The SMILES string of the molecule is Cc1cc(O)c2c(c1)C(=O)c1cc(O)c(C(c3cccnc3)N(C)C)c(O)c1C2=O. The highest BCUT2D eigenvalue weighted by Crippen LogP contribution is 2.46. The summed E-state index contributed by atoms with van der Waals surface area (Å²) in [5, 5.41) is 32.2. The molecule has 0 fully saturated rings. The van der Waals surface area contributed by atoms with E-state index in [0.717, 1.165) is 0 Å². The van der Waals surface area contributed by atoms with Crippen molar-refractivity contribution in [2.24, 2.45) is 0 Å². The van der Waals surface area contributed by atoms with E-state index in [4.69, 9.17) is 0 Å². The molecule has 4 rings (SSSR count). The van der Waals surface area contributed by atoms with Crippen LogP contribution in [-0.2, 0) is 0 Å². The second kappa shape index (κ2) is 6.96. The van der Waals surface area contributed by atoms with Gasteiger partial charge in [-0.25, -0.2) is 0 Å². The van der Waals surface area contributed by atoms with E-state index in [9.17, 15) is 24.9 Å². The predicted molar refractivity (Wildman–Crippen MR) is 109 cm³/mol. The normalized spacial score (nSPS) is 13.9. The fourth-order valence-electron chi connectivity index (χ4n) is 4.06. The van der Waals surface area contributed by atoms with Gasteiger partial charge in [0.25, 0.3) is 0 Å². The fourth-order valence-corrected chi connectivity index (χ4v) is 4.06. The molecule has 3 aromatic rings. The topological polar surface area (TPSA) is 111 Å². The second-order valence-corrected chi connectivity index (χ2v) is 7.60. The highest BCUT2D eigenvalue weighted by Gasteiger charge is 2.38. The van der Waals surface area contributed by atoms with Crippen LogP contribution in [-0.4, -0.2) is 50.9 Å². The van der Waals surface area contributed by atoms with Crippen molar-refractivity contribution < 1.29 is 24.9 Å². The number of aromatic nitrogens is 1. The van der Waals surface area contributed by atoms with Gasteiger partial charge in [-0.3, -0.25) is 19.5 Å². The van der Waals surface area contributed by atoms with Crippen molar-refractivity contribution in [3.8, 4) is 17.2 Å². The predicted octanol–water partition coefficient (Wildman–Crippen LogP) is 2.93. The minimum absolute atomic E-state index is 0.0490. The third-order valence-corrected chi connectivity index (χ3v) is 5.31. The molecule has 0 saturated carbocycles. The van der Waals surface area contributed by atoms with Gasteiger partial charge in [-0.05, 0) is 56.4 Å². The maximum atomic E-state index is 13.2. The van der Waals surface area contributed by atoms with Gasteiger partial charge in [0.2, 0.25) is 5.78 Å². The summed E-state index contributed by atoms with van der Waals surface area (Å²) in [6.07, 6.45) is 3.20. The Labute approximate surface area is 172 Å². The van der Waals surface area contributed by atoms with E-state index in [1.165, 1.54) is 18.2 Å². The maximum Gasteiger partial charge on any atom is 0.201 e. The number of aryl methyl sites for hydroxylation is 1. The van der Waals surface area contributed by atoms with Crippen LogP contribution in [0.15, 0.2) is 42.7 Å². The van der Waals surface area contributed by atoms with Crippen molar-refractivity contribution in [1.82, 2.24) is 9.88 Å². The first-order valence-corrected chi connectivity index (χ1v) is 9.30. The van der Waals surface area contributed by atoms with Crippen LogP contribution in [0, 0.1) is 6.92 Å².